The van der Waals surface area contributed by atoms with Crippen LogP contribution < -0.4 is 15.4 Å². The number of carbonyl (C=O) groups excluding carboxylic acids is 2. The highest BCUT2D eigenvalue weighted by molar-refractivity contribution is 5.96. The van der Waals surface area contributed by atoms with Gasteiger partial charge in [-0.25, -0.2) is 0 Å². The zero-order chi connectivity index (χ0) is 17.1. The van der Waals surface area contributed by atoms with E-state index in [1.807, 2.05) is 38.1 Å². The second kappa shape index (κ2) is 6.74. The van der Waals surface area contributed by atoms with Crippen LogP contribution in [0.15, 0.2) is 48.5 Å². The lowest BCUT2D eigenvalue weighted by atomic mass is 10.1. The fourth-order valence-corrected chi connectivity index (χ4v) is 2.47. The Balaban J connectivity index is 1.59. The predicted octanol–water partition coefficient (Wildman–Crippen LogP) is 3.22. The molecule has 2 N–H and O–H groups in total. The summed E-state index contributed by atoms with van der Waals surface area (Å²) in [5, 5.41) is 5.66. The van der Waals surface area contributed by atoms with E-state index in [1.165, 1.54) is 0 Å². The van der Waals surface area contributed by atoms with E-state index in [-0.39, 0.29) is 17.7 Å². The van der Waals surface area contributed by atoms with Crippen LogP contribution in [0.2, 0.25) is 0 Å². The Morgan fingerprint density at radius 3 is 2.25 bits per heavy atom. The van der Waals surface area contributed by atoms with Gasteiger partial charge in [0.05, 0.1) is 0 Å². The van der Waals surface area contributed by atoms with Gasteiger partial charge >= 0.3 is 0 Å². The van der Waals surface area contributed by atoms with Gasteiger partial charge in [0.2, 0.25) is 5.91 Å². The van der Waals surface area contributed by atoms with Crippen molar-refractivity contribution in [1.82, 2.24) is 0 Å². The highest BCUT2D eigenvalue weighted by Crippen LogP contribution is 2.28. The molecule has 24 heavy (non-hydrogen) atoms. The Kier molecular flexibility index (Phi) is 4.51. The van der Waals surface area contributed by atoms with E-state index in [0.29, 0.717) is 17.8 Å². The molecule has 1 aliphatic rings. The van der Waals surface area contributed by atoms with E-state index in [1.54, 1.807) is 24.3 Å². The smallest absolute Gasteiger partial charge is 0.265 e. The van der Waals surface area contributed by atoms with Crippen LogP contribution in [0.3, 0.4) is 0 Å². The maximum absolute atomic E-state index is 12.3. The van der Waals surface area contributed by atoms with Crippen LogP contribution in [0.25, 0.3) is 0 Å². The van der Waals surface area contributed by atoms with Crippen LogP contribution in [0.4, 0.5) is 11.4 Å². The van der Waals surface area contributed by atoms with Gasteiger partial charge in [-0.1, -0.05) is 32.0 Å². The molecule has 0 saturated heterocycles. The number of benzene rings is 2. The molecule has 5 nitrogen and oxygen atoms in total. The molecule has 1 heterocycles. The molecule has 1 unspecified atom stereocenters. The average molecular weight is 324 g/mol. The zero-order valence-corrected chi connectivity index (χ0v) is 13.7. The third kappa shape index (κ3) is 3.56. The molecule has 2 aromatic rings. The minimum absolute atomic E-state index is 0.0381. The number of hydrogen-bond donors (Lipinski definition) is 2. The first-order valence-corrected chi connectivity index (χ1v) is 7.99. The van der Waals surface area contributed by atoms with Gasteiger partial charge in [0.25, 0.3) is 5.91 Å². The molecule has 1 atom stereocenters. The zero-order valence-electron chi connectivity index (χ0n) is 13.7. The molecule has 1 aliphatic heterocycles. The highest BCUT2D eigenvalue weighted by atomic mass is 16.5. The fourth-order valence-electron chi connectivity index (χ4n) is 2.47. The molecule has 2 aromatic carbocycles. The number of fused-ring (bicyclic) bond motifs is 1. The Bertz CT molecular complexity index is 728. The van der Waals surface area contributed by atoms with Crippen molar-refractivity contribution in [2.45, 2.75) is 26.4 Å². The van der Waals surface area contributed by atoms with E-state index in [4.69, 9.17) is 4.74 Å². The van der Waals surface area contributed by atoms with Crippen LogP contribution in [0.1, 0.15) is 19.4 Å². The number of carbonyl (C=O) groups is 2. The fraction of sp³-hybridized carbons (Fsp3) is 0.263. The number of anilines is 2. The molecule has 0 saturated carbocycles. The van der Waals surface area contributed by atoms with Crippen LogP contribution in [-0.4, -0.2) is 17.9 Å². The van der Waals surface area contributed by atoms with Crippen molar-refractivity contribution in [2.24, 2.45) is 5.92 Å². The van der Waals surface area contributed by atoms with Gasteiger partial charge in [-0.2, -0.15) is 0 Å². The highest BCUT2D eigenvalue weighted by Gasteiger charge is 2.28. The molecule has 3 rings (SSSR count). The van der Waals surface area contributed by atoms with Crippen LogP contribution >= 0.6 is 0 Å². The first-order chi connectivity index (χ1) is 11.5. The summed E-state index contributed by atoms with van der Waals surface area (Å²) in [6.07, 6.45) is 0.0626. The molecular formula is C19H20N2O3. The summed E-state index contributed by atoms with van der Waals surface area (Å²) < 4.78 is 5.67. The van der Waals surface area contributed by atoms with Crippen LogP contribution in [-0.2, 0) is 16.0 Å². The van der Waals surface area contributed by atoms with Crippen LogP contribution in [0, 0.1) is 5.92 Å². The maximum Gasteiger partial charge on any atom is 0.265 e. The SMILES string of the molecule is CC(C)C(=O)Nc1ccc(NC(=O)C2Cc3ccccc3O2)cc1. The first kappa shape index (κ1) is 16.1. The van der Waals surface area contributed by atoms with E-state index >= 15 is 0 Å². The number of rotatable bonds is 4. The third-order valence-electron chi connectivity index (χ3n) is 3.88. The summed E-state index contributed by atoms with van der Waals surface area (Å²) >= 11 is 0. The molecule has 0 aliphatic carbocycles. The quantitative estimate of drug-likeness (QED) is 0.907. The van der Waals surface area contributed by atoms with Crippen molar-refractivity contribution in [3.05, 3.63) is 54.1 Å². The molecule has 2 amide bonds. The van der Waals surface area contributed by atoms with E-state index < -0.39 is 6.10 Å². The molecule has 0 aromatic heterocycles. The molecule has 5 heteroatoms. The average Bonchev–Trinajstić information content (AvgIpc) is 3.00. The molecule has 0 spiro atoms. The lowest BCUT2D eigenvalue weighted by molar-refractivity contribution is -0.122. The van der Waals surface area contributed by atoms with Crippen molar-refractivity contribution >= 4 is 23.2 Å². The second-order valence-electron chi connectivity index (χ2n) is 6.13. The van der Waals surface area contributed by atoms with Crippen molar-refractivity contribution in [3.63, 3.8) is 0 Å². The van der Waals surface area contributed by atoms with Crippen LogP contribution in [0.5, 0.6) is 5.75 Å². The number of ether oxygens (including phenoxy) is 1. The Labute approximate surface area is 141 Å². The summed E-state index contributed by atoms with van der Waals surface area (Å²) in [6.45, 7) is 3.67. The van der Waals surface area contributed by atoms with Gasteiger partial charge in [-0.15, -0.1) is 0 Å². The molecule has 0 fully saturated rings. The Hall–Kier alpha value is -2.82. The van der Waals surface area contributed by atoms with E-state index in [2.05, 4.69) is 10.6 Å². The second-order valence-corrected chi connectivity index (χ2v) is 6.13. The van der Waals surface area contributed by atoms with Gasteiger partial charge in [-0.3, -0.25) is 9.59 Å². The summed E-state index contributed by atoms with van der Waals surface area (Å²) in [6, 6.07) is 14.7. The monoisotopic (exact) mass is 324 g/mol. The largest absolute Gasteiger partial charge is 0.480 e. The summed E-state index contributed by atoms with van der Waals surface area (Å²) in [7, 11) is 0. The number of nitrogens with one attached hydrogen (secondary N) is 2. The summed E-state index contributed by atoms with van der Waals surface area (Å²) in [5.74, 6) is 0.476. The minimum Gasteiger partial charge on any atom is -0.480 e. The Morgan fingerprint density at radius 2 is 1.62 bits per heavy atom. The van der Waals surface area contributed by atoms with Crippen molar-refractivity contribution < 1.29 is 14.3 Å². The van der Waals surface area contributed by atoms with Crippen molar-refractivity contribution in [1.29, 1.82) is 0 Å². The van der Waals surface area contributed by atoms with Gasteiger partial charge in [-0.05, 0) is 35.9 Å². The summed E-state index contributed by atoms with van der Waals surface area (Å²) in [5.41, 5.74) is 2.42. The standard InChI is InChI=1S/C19H20N2O3/c1-12(2)18(22)20-14-7-9-15(10-8-14)21-19(23)17-11-13-5-3-4-6-16(13)24-17/h3-10,12,17H,11H2,1-2H3,(H,20,22)(H,21,23). The minimum atomic E-state index is -0.511. The predicted molar refractivity (Wildman–Crippen MR) is 93.1 cm³/mol. The lowest BCUT2D eigenvalue weighted by Gasteiger charge is -2.12. The van der Waals surface area contributed by atoms with Gasteiger partial charge in [0.1, 0.15) is 5.75 Å². The Morgan fingerprint density at radius 1 is 1.00 bits per heavy atom. The van der Waals surface area contributed by atoms with Gasteiger partial charge in [0.15, 0.2) is 6.10 Å². The van der Waals surface area contributed by atoms with Crippen molar-refractivity contribution in [3.8, 4) is 5.75 Å². The summed E-state index contributed by atoms with van der Waals surface area (Å²) in [4.78, 5) is 24.0. The molecule has 0 radical (unpaired) electrons. The number of hydrogen-bond acceptors (Lipinski definition) is 3. The number of amides is 2. The van der Waals surface area contributed by atoms with Crippen molar-refractivity contribution in [2.75, 3.05) is 10.6 Å². The topological polar surface area (TPSA) is 67.4 Å². The van der Waals surface area contributed by atoms with Gasteiger partial charge < -0.3 is 15.4 Å². The first-order valence-electron chi connectivity index (χ1n) is 7.99. The lowest BCUT2D eigenvalue weighted by Crippen LogP contribution is -2.31. The van der Waals surface area contributed by atoms with E-state index in [9.17, 15) is 9.59 Å². The van der Waals surface area contributed by atoms with E-state index in [0.717, 1.165) is 11.3 Å². The normalized spacial score (nSPS) is 15.5. The third-order valence-corrected chi connectivity index (χ3v) is 3.88. The number of para-hydroxylation sites is 1. The molecular weight excluding hydrogens is 304 g/mol. The molecule has 0 bridgehead atoms. The van der Waals surface area contributed by atoms with Gasteiger partial charge in [0, 0.05) is 23.7 Å². The molecule has 124 valence electrons. The maximum atomic E-state index is 12.3.